The fraction of sp³-hybridized carbons (Fsp3) is 0.286. The lowest BCUT2D eigenvalue weighted by Gasteiger charge is -2.33. The monoisotopic (exact) mass is 541 g/mol. The normalized spacial score (nSPS) is 12.1. The van der Waals surface area contributed by atoms with E-state index in [0.717, 1.165) is 9.87 Å². The van der Waals surface area contributed by atoms with E-state index < -0.39 is 28.5 Å². The standard InChI is InChI=1S/C28H32ClN3O4S/c1-4-26(28(34)30-21(2)3)31(19-22-15-17-23(29)18-16-22)27(33)20-32(24-11-7-5-8-12-24)37(35,36)25-13-9-6-10-14-25/h5-18,21,26H,4,19-20H2,1-3H3,(H,30,34). The molecule has 0 spiro atoms. The van der Waals surface area contributed by atoms with Crippen LogP contribution in [0.15, 0.2) is 89.8 Å². The molecule has 37 heavy (non-hydrogen) atoms. The van der Waals surface area contributed by atoms with E-state index in [1.54, 1.807) is 72.8 Å². The van der Waals surface area contributed by atoms with E-state index in [4.69, 9.17) is 11.6 Å². The highest BCUT2D eigenvalue weighted by molar-refractivity contribution is 7.92. The van der Waals surface area contributed by atoms with Gasteiger partial charge in [0.15, 0.2) is 0 Å². The number of nitrogens with one attached hydrogen (secondary N) is 1. The molecule has 1 N–H and O–H groups in total. The third kappa shape index (κ3) is 7.33. The van der Waals surface area contributed by atoms with Crippen LogP contribution < -0.4 is 9.62 Å². The maximum atomic E-state index is 13.9. The first-order valence-corrected chi connectivity index (χ1v) is 13.9. The van der Waals surface area contributed by atoms with E-state index in [1.165, 1.54) is 17.0 Å². The van der Waals surface area contributed by atoms with Gasteiger partial charge >= 0.3 is 0 Å². The van der Waals surface area contributed by atoms with Crippen molar-refractivity contribution in [1.82, 2.24) is 10.2 Å². The van der Waals surface area contributed by atoms with Crippen molar-refractivity contribution >= 4 is 39.1 Å². The van der Waals surface area contributed by atoms with Crippen molar-refractivity contribution in [3.8, 4) is 0 Å². The van der Waals surface area contributed by atoms with E-state index in [9.17, 15) is 18.0 Å². The Morgan fingerprint density at radius 1 is 0.892 bits per heavy atom. The van der Waals surface area contributed by atoms with Gasteiger partial charge in [0, 0.05) is 17.6 Å². The quantitative estimate of drug-likeness (QED) is 0.375. The SMILES string of the molecule is CCC(C(=O)NC(C)C)N(Cc1ccc(Cl)cc1)C(=O)CN(c1ccccc1)S(=O)(=O)c1ccccc1. The molecule has 0 aliphatic carbocycles. The first kappa shape index (κ1) is 28.2. The number of carbonyl (C=O) groups excluding carboxylic acids is 2. The Kier molecular flexibility index (Phi) is 9.72. The van der Waals surface area contributed by atoms with Crippen molar-refractivity contribution in [2.24, 2.45) is 0 Å². The van der Waals surface area contributed by atoms with E-state index in [2.05, 4.69) is 5.32 Å². The lowest BCUT2D eigenvalue weighted by Crippen LogP contribution is -2.53. The minimum atomic E-state index is -4.07. The number of benzene rings is 3. The van der Waals surface area contributed by atoms with Crippen LogP contribution in [0.25, 0.3) is 0 Å². The van der Waals surface area contributed by atoms with Crippen LogP contribution in [0.4, 0.5) is 5.69 Å². The summed E-state index contributed by atoms with van der Waals surface area (Å²) in [6, 6.07) is 22.5. The van der Waals surface area contributed by atoms with Gasteiger partial charge < -0.3 is 10.2 Å². The molecule has 0 bridgehead atoms. The number of halogens is 1. The van der Waals surface area contributed by atoms with Crippen molar-refractivity contribution in [2.75, 3.05) is 10.8 Å². The number of hydrogen-bond donors (Lipinski definition) is 1. The number of sulfonamides is 1. The molecule has 196 valence electrons. The van der Waals surface area contributed by atoms with Gasteiger partial charge in [-0.05, 0) is 62.2 Å². The smallest absolute Gasteiger partial charge is 0.264 e. The van der Waals surface area contributed by atoms with Gasteiger partial charge in [0.1, 0.15) is 12.6 Å². The van der Waals surface area contributed by atoms with Crippen molar-refractivity contribution < 1.29 is 18.0 Å². The molecule has 0 aliphatic heterocycles. The maximum Gasteiger partial charge on any atom is 0.264 e. The summed E-state index contributed by atoms with van der Waals surface area (Å²) in [5, 5.41) is 3.43. The predicted molar refractivity (Wildman–Crippen MR) is 147 cm³/mol. The van der Waals surface area contributed by atoms with Crippen molar-refractivity contribution in [1.29, 1.82) is 0 Å². The second kappa shape index (κ2) is 12.7. The zero-order chi connectivity index (χ0) is 27.0. The molecule has 1 unspecified atom stereocenters. The van der Waals surface area contributed by atoms with Crippen LogP contribution in [0, 0.1) is 0 Å². The van der Waals surface area contributed by atoms with Gasteiger partial charge in [0.05, 0.1) is 10.6 Å². The molecule has 0 fully saturated rings. The second-order valence-electron chi connectivity index (χ2n) is 8.90. The zero-order valence-corrected chi connectivity index (χ0v) is 22.7. The molecule has 0 aliphatic rings. The molecular weight excluding hydrogens is 510 g/mol. The topological polar surface area (TPSA) is 86.8 Å². The van der Waals surface area contributed by atoms with Gasteiger partial charge in [-0.1, -0.05) is 67.1 Å². The zero-order valence-electron chi connectivity index (χ0n) is 21.2. The van der Waals surface area contributed by atoms with Gasteiger partial charge in [-0.2, -0.15) is 0 Å². The molecule has 7 nitrogen and oxygen atoms in total. The summed E-state index contributed by atoms with van der Waals surface area (Å²) >= 11 is 6.04. The van der Waals surface area contributed by atoms with Crippen LogP contribution in [0.5, 0.6) is 0 Å². The molecule has 0 heterocycles. The Bertz CT molecular complexity index is 1280. The molecule has 2 amide bonds. The molecule has 1 atom stereocenters. The van der Waals surface area contributed by atoms with Crippen LogP contribution in [-0.2, 0) is 26.2 Å². The highest BCUT2D eigenvalue weighted by atomic mass is 35.5. The van der Waals surface area contributed by atoms with E-state index >= 15 is 0 Å². The molecular formula is C28H32ClN3O4S. The molecule has 9 heteroatoms. The number of hydrogen-bond acceptors (Lipinski definition) is 4. The molecule has 0 saturated heterocycles. The third-order valence-electron chi connectivity index (χ3n) is 5.74. The summed E-state index contributed by atoms with van der Waals surface area (Å²) in [7, 11) is -4.07. The van der Waals surface area contributed by atoms with E-state index in [1.807, 2.05) is 20.8 Å². The second-order valence-corrected chi connectivity index (χ2v) is 11.2. The first-order chi connectivity index (χ1) is 17.6. The summed E-state index contributed by atoms with van der Waals surface area (Å²) in [6.07, 6.45) is 0.356. The minimum Gasteiger partial charge on any atom is -0.352 e. The average molecular weight is 542 g/mol. The molecule has 0 radical (unpaired) electrons. The van der Waals surface area contributed by atoms with Gasteiger partial charge in [-0.3, -0.25) is 13.9 Å². The summed E-state index contributed by atoms with van der Waals surface area (Å²) in [6.45, 7) is 5.16. The Labute approximate surface area is 224 Å². The predicted octanol–water partition coefficient (Wildman–Crippen LogP) is 4.87. The maximum absolute atomic E-state index is 13.9. The Morgan fingerprint density at radius 3 is 2.00 bits per heavy atom. The fourth-order valence-electron chi connectivity index (χ4n) is 3.93. The molecule has 3 rings (SSSR count). The van der Waals surface area contributed by atoms with Crippen molar-refractivity contribution in [3.63, 3.8) is 0 Å². The van der Waals surface area contributed by atoms with Gasteiger partial charge in [-0.15, -0.1) is 0 Å². The highest BCUT2D eigenvalue weighted by Gasteiger charge is 2.33. The van der Waals surface area contributed by atoms with Gasteiger partial charge in [0.2, 0.25) is 11.8 Å². The number of para-hydroxylation sites is 1. The van der Waals surface area contributed by atoms with E-state index in [-0.39, 0.29) is 23.4 Å². The number of anilines is 1. The van der Waals surface area contributed by atoms with Crippen LogP contribution in [-0.4, -0.2) is 43.8 Å². The fourth-order valence-corrected chi connectivity index (χ4v) is 5.49. The molecule has 3 aromatic carbocycles. The minimum absolute atomic E-state index is 0.0699. The lowest BCUT2D eigenvalue weighted by molar-refractivity contribution is -0.140. The first-order valence-electron chi connectivity index (χ1n) is 12.1. The summed E-state index contributed by atoms with van der Waals surface area (Å²) in [5.74, 6) is -0.791. The van der Waals surface area contributed by atoms with Crippen LogP contribution in [0.1, 0.15) is 32.8 Å². The van der Waals surface area contributed by atoms with E-state index in [0.29, 0.717) is 17.1 Å². The Hall–Kier alpha value is -3.36. The Balaban J connectivity index is 2.02. The van der Waals surface area contributed by atoms with Crippen molar-refractivity contribution in [2.45, 2.75) is 50.7 Å². The number of amides is 2. The summed E-state index contributed by atoms with van der Waals surface area (Å²) in [4.78, 5) is 28.5. The van der Waals surface area contributed by atoms with Gasteiger partial charge in [-0.25, -0.2) is 8.42 Å². The molecule has 0 aromatic heterocycles. The largest absolute Gasteiger partial charge is 0.352 e. The lowest BCUT2D eigenvalue weighted by atomic mass is 10.1. The van der Waals surface area contributed by atoms with Crippen LogP contribution >= 0.6 is 11.6 Å². The summed E-state index contributed by atoms with van der Waals surface area (Å²) < 4.78 is 28.4. The number of nitrogens with zero attached hydrogens (tertiary/aromatic N) is 2. The molecule has 3 aromatic rings. The van der Waals surface area contributed by atoms with Crippen LogP contribution in [0.3, 0.4) is 0 Å². The number of carbonyl (C=O) groups is 2. The summed E-state index contributed by atoms with van der Waals surface area (Å²) in [5.41, 5.74) is 1.12. The highest BCUT2D eigenvalue weighted by Crippen LogP contribution is 2.24. The third-order valence-corrected chi connectivity index (χ3v) is 7.78. The molecule has 0 saturated carbocycles. The van der Waals surface area contributed by atoms with Crippen LogP contribution in [0.2, 0.25) is 5.02 Å². The van der Waals surface area contributed by atoms with Gasteiger partial charge in [0.25, 0.3) is 10.0 Å². The Morgan fingerprint density at radius 2 is 1.46 bits per heavy atom. The van der Waals surface area contributed by atoms with Crippen molar-refractivity contribution in [3.05, 3.63) is 95.5 Å². The number of rotatable bonds is 11. The average Bonchev–Trinajstić information content (AvgIpc) is 2.88.